The van der Waals surface area contributed by atoms with Crippen molar-refractivity contribution < 1.29 is 14.3 Å². The van der Waals surface area contributed by atoms with E-state index in [0.717, 1.165) is 28.0 Å². The van der Waals surface area contributed by atoms with Gasteiger partial charge >= 0.3 is 0 Å². The van der Waals surface area contributed by atoms with Crippen LogP contribution in [0, 0.1) is 6.92 Å². The van der Waals surface area contributed by atoms with Gasteiger partial charge in [-0.1, -0.05) is 24.3 Å². The Bertz CT molecular complexity index is 1240. The maximum atomic E-state index is 13.5. The highest BCUT2D eigenvalue weighted by molar-refractivity contribution is 5.93. The van der Waals surface area contributed by atoms with Gasteiger partial charge in [-0.3, -0.25) is 9.78 Å². The molecule has 0 radical (unpaired) electrons. The molecule has 152 valence electrons. The number of aromatic nitrogens is 4. The van der Waals surface area contributed by atoms with Gasteiger partial charge in [0, 0.05) is 24.0 Å². The van der Waals surface area contributed by atoms with Crippen LogP contribution in [0.2, 0.25) is 0 Å². The third kappa shape index (κ3) is 2.96. The highest BCUT2D eigenvalue weighted by atomic mass is 16.4. The number of aryl methyl sites for hydroxylation is 1. The summed E-state index contributed by atoms with van der Waals surface area (Å²) in [5, 5.41) is 10.8. The Labute approximate surface area is 172 Å². The van der Waals surface area contributed by atoms with E-state index >= 15 is 0 Å². The molecule has 8 heteroatoms. The minimum atomic E-state index is -0.887. The molecule has 1 amide bonds. The van der Waals surface area contributed by atoms with E-state index in [0.29, 0.717) is 18.7 Å². The molecule has 4 aromatic rings. The first-order chi connectivity index (χ1) is 14.5. The molecule has 2 atom stereocenters. The van der Waals surface area contributed by atoms with E-state index in [1.807, 2.05) is 36.4 Å². The second-order valence-corrected chi connectivity index (χ2v) is 7.49. The van der Waals surface area contributed by atoms with Crippen LogP contribution in [0.15, 0.2) is 47.1 Å². The Morgan fingerprint density at radius 3 is 2.90 bits per heavy atom. The number of nitrogens with one attached hydrogen (secondary N) is 1. The molecular weight excluding hydrogens is 382 g/mol. The summed E-state index contributed by atoms with van der Waals surface area (Å²) in [6, 6.07) is 11.4. The first-order valence-corrected chi connectivity index (χ1v) is 9.87. The summed E-state index contributed by atoms with van der Waals surface area (Å²) in [7, 11) is 0. The predicted octanol–water partition coefficient (Wildman–Crippen LogP) is 3.10. The molecule has 30 heavy (non-hydrogen) atoms. The van der Waals surface area contributed by atoms with Crippen LogP contribution in [0.25, 0.3) is 10.9 Å². The Kier molecular flexibility index (Phi) is 4.36. The summed E-state index contributed by atoms with van der Waals surface area (Å²) in [5.74, 6) is -0.0233. The molecular formula is C22H21N5O3. The molecule has 8 nitrogen and oxygen atoms in total. The number of oxazole rings is 1. The van der Waals surface area contributed by atoms with Gasteiger partial charge in [-0.05, 0) is 26.0 Å². The quantitative estimate of drug-likeness (QED) is 0.544. The van der Waals surface area contributed by atoms with Gasteiger partial charge < -0.3 is 19.4 Å². The average Bonchev–Trinajstić information content (AvgIpc) is 3.38. The number of rotatable bonds is 3. The molecule has 0 spiro atoms. The Hall–Kier alpha value is -3.52. The van der Waals surface area contributed by atoms with Gasteiger partial charge in [0.25, 0.3) is 5.91 Å². The lowest BCUT2D eigenvalue weighted by molar-refractivity contribution is 0.0644. The lowest BCUT2D eigenvalue weighted by Crippen LogP contribution is -2.41. The number of carbonyl (C=O) groups excluding carboxylic acids is 1. The van der Waals surface area contributed by atoms with Crippen LogP contribution in [0.5, 0.6) is 0 Å². The van der Waals surface area contributed by atoms with Crippen molar-refractivity contribution in [2.24, 2.45) is 0 Å². The van der Waals surface area contributed by atoms with Crippen LogP contribution in [0.3, 0.4) is 0 Å². The van der Waals surface area contributed by atoms with E-state index < -0.39 is 12.1 Å². The van der Waals surface area contributed by atoms with Crippen LogP contribution in [-0.2, 0) is 6.42 Å². The number of fused-ring (bicyclic) bond motifs is 2. The van der Waals surface area contributed by atoms with Crippen molar-refractivity contribution in [1.29, 1.82) is 0 Å². The lowest BCUT2D eigenvalue weighted by Gasteiger charge is -2.34. The van der Waals surface area contributed by atoms with Crippen molar-refractivity contribution in [3.05, 3.63) is 77.2 Å². The number of benzene rings is 1. The maximum absolute atomic E-state index is 13.5. The summed E-state index contributed by atoms with van der Waals surface area (Å²) >= 11 is 0. The zero-order valence-electron chi connectivity index (χ0n) is 16.7. The van der Waals surface area contributed by atoms with Gasteiger partial charge in [0.1, 0.15) is 12.1 Å². The van der Waals surface area contributed by atoms with Gasteiger partial charge in [-0.15, -0.1) is 0 Å². The standard InChI is InChI=1S/C22H21N5O3/c1-12-20(30-21(25-12)13(2)28)22(29)27-10-9-16-18(24-11-23-16)19(27)17-8-7-14-5-3-4-6-15(14)26-17/h3-8,11,13,19,28H,9-10H2,1-2H3,(H,23,24)/t13-,19+/m0/s1. The monoisotopic (exact) mass is 403 g/mol. The van der Waals surface area contributed by atoms with Crippen molar-refractivity contribution in [3.63, 3.8) is 0 Å². The van der Waals surface area contributed by atoms with Crippen molar-refractivity contribution in [3.8, 4) is 0 Å². The molecule has 4 heterocycles. The van der Waals surface area contributed by atoms with Gasteiger partial charge in [-0.25, -0.2) is 9.97 Å². The van der Waals surface area contributed by atoms with Gasteiger partial charge in [-0.2, -0.15) is 0 Å². The fourth-order valence-electron chi connectivity index (χ4n) is 3.95. The van der Waals surface area contributed by atoms with Crippen LogP contribution in [-0.4, -0.2) is 42.4 Å². The number of aromatic amines is 1. The third-order valence-electron chi connectivity index (χ3n) is 5.45. The fourth-order valence-corrected chi connectivity index (χ4v) is 3.95. The molecule has 2 N–H and O–H groups in total. The lowest BCUT2D eigenvalue weighted by atomic mass is 9.98. The maximum Gasteiger partial charge on any atom is 0.292 e. The number of aliphatic hydroxyl groups is 1. The Morgan fingerprint density at radius 2 is 2.10 bits per heavy atom. The second kappa shape index (κ2) is 7.07. The van der Waals surface area contributed by atoms with Crippen LogP contribution >= 0.6 is 0 Å². The Balaban J connectivity index is 1.60. The van der Waals surface area contributed by atoms with Crippen molar-refractivity contribution in [2.75, 3.05) is 6.54 Å². The number of carbonyl (C=O) groups is 1. The fraction of sp³-hybridized carbons (Fsp3) is 0.273. The largest absolute Gasteiger partial charge is 0.432 e. The highest BCUT2D eigenvalue weighted by Gasteiger charge is 2.37. The number of H-pyrrole nitrogens is 1. The first kappa shape index (κ1) is 18.5. The molecule has 1 aliphatic heterocycles. The number of hydrogen-bond acceptors (Lipinski definition) is 6. The van der Waals surface area contributed by atoms with Crippen molar-refractivity contribution >= 4 is 16.8 Å². The van der Waals surface area contributed by atoms with Crippen LogP contribution in [0.1, 0.15) is 58.3 Å². The molecule has 0 fully saturated rings. The minimum absolute atomic E-state index is 0.133. The number of para-hydroxylation sites is 1. The molecule has 1 aromatic carbocycles. The molecule has 0 saturated carbocycles. The van der Waals surface area contributed by atoms with Crippen molar-refractivity contribution in [1.82, 2.24) is 24.8 Å². The molecule has 5 rings (SSSR count). The molecule has 0 saturated heterocycles. The Morgan fingerprint density at radius 1 is 1.27 bits per heavy atom. The SMILES string of the molecule is Cc1nc([C@H](C)O)oc1C(=O)N1CCc2[nH]cnc2[C@H]1c1ccc2ccccc2n1. The van der Waals surface area contributed by atoms with Crippen molar-refractivity contribution in [2.45, 2.75) is 32.4 Å². The van der Waals surface area contributed by atoms with E-state index in [9.17, 15) is 9.90 Å². The summed E-state index contributed by atoms with van der Waals surface area (Å²) < 4.78 is 5.61. The average molecular weight is 403 g/mol. The topological polar surface area (TPSA) is 108 Å². The highest BCUT2D eigenvalue weighted by Crippen LogP contribution is 2.35. The second-order valence-electron chi connectivity index (χ2n) is 7.49. The normalized spacial score (nSPS) is 17.2. The number of pyridine rings is 1. The number of amides is 1. The molecule has 1 aliphatic rings. The zero-order valence-corrected chi connectivity index (χ0v) is 16.7. The van der Waals surface area contributed by atoms with Gasteiger partial charge in [0.2, 0.25) is 11.7 Å². The van der Waals surface area contributed by atoms with E-state index in [2.05, 4.69) is 15.0 Å². The van der Waals surface area contributed by atoms with E-state index in [-0.39, 0.29) is 17.6 Å². The number of nitrogens with zero attached hydrogens (tertiary/aromatic N) is 4. The third-order valence-corrected chi connectivity index (χ3v) is 5.45. The molecule has 0 unspecified atom stereocenters. The summed E-state index contributed by atoms with van der Waals surface area (Å²) in [6.07, 6.45) is 1.42. The zero-order chi connectivity index (χ0) is 20.8. The number of hydrogen-bond donors (Lipinski definition) is 2. The van der Waals surface area contributed by atoms with E-state index in [1.54, 1.807) is 25.1 Å². The van der Waals surface area contributed by atoms with E-state index in [1.165, 1.54) is 0 Å². The molecule has 0 aliphatic carbocycles. The smallest absolute Gasteiger partial charge is 0.292 e. The van der Waals surface area contributed by atoms with Crippen LogP contribution in [0.4, 0.5) is 0 Å². The number of imidazole rings is 1. The minimum Gasteiger partial charge on any atom is -0.432 e. The molecule has 0 bridgehead atoms. The van der Waals surface area contributed by atoms with Gasteiger partial charge in [0.05, 0.1) is 28.9 Å². The first-order valence-electron chi connectivity index (χ1n) is 9.87. The number of aliphatic hydroxyl groups excluding tert-OH is 1. The van der Waals surface area contributed by atoms with E-state index in [4.69, 9.17) is 9.40 Å². The molecule has 3 aromatic heterocycles. The predicted molar refractivity (Wildman–Crippen MR) is 109 cm³/mol. The summed E-state index contributed by atoms with van der Waals surface area (Å²) in [4.78, 5) is 31.9. The van der Waals surface area contributed by atoms with Gasteiger partial charge in [0.15, 0.2) is 0 Å². The summed E-state index contributed by atoms with van der Waals surface area (Å²) in [5.41, 5.74) is 3.83. The summed E-state index contributed by atoms with van der Waals surface area (Å²) in [6.45, 7) is 3.74. The van der Waals surface area contributed by atoms with Crippen LogP contribution < -0.4 is 0 Å².